The predicted molar refractivity (Wildman–Crippen MR) is 120 cm³/mol. The van der Waals surface area contributed by atoms with E-state index >= 15 is 0 Å². The first-order chi connectivity index (χ1) is 14.6. The monoisotopic (exact) mass is 408 g/mol. The Morgan fingerprint density at radius 3 is 1.90 bits per heavy atom. The van der Waals surface area contributed by atoms with E-state index in [4.69, 9.17) is 14.2 Å². The van der Waals surface area contributed by atoms with Crippen LogP contribution in [0.2, 0.25) is 0 Å². The third kappa shape index (κ3) is 8.61. The predicted octanol–water partition coefficient (Wildman–Crippen LogP) is 5.62. The zero-order valence-electron chi connectivity index (χ0n) is 18.3. The Morgan fingerprint density at radius 2 is 1.37 bits per heavy atom. The van der Waals surface area contributed by atoms with Gasteiger partial charge in [0.05, 0.1) is 26.2 Å². The van der Waals surface area contributed by atoms with Crippen LogP contribution in [0.15, 0.2) is 48.5 Å². The van der Waals surface area contributed by atoms with Gasteiger partial charge in [-0.05, 0) is 80.6 Å². The fraction of sp³-hybridized carbons (Fsp3) is 0.423. The Balaban J connectivity index is 1.61. The number of rotatable bonds is 11. The van der Waals surface area contributed by atoms with Crippen molar-refractivity contribution in [2.24, 2.45) is 5.92 Å². The SMILES string of the molecule is CCC(C)C(=O)OCCCCCCOc1ccc(C#Cc2ccc(OC)cc2)cc1. The number of hydrogen-bond acceptors (Lipinski definition) is 4. The Hall–Kier alpha value is -2.93. The Labute approximate surface area is 180 Å². The van der Waals surface area contributed by atoms with Crippen LogP contribution < -0.4 is 9.47 Å². The van der Waals surface area contributed by atoms with Crippen molar-refractivity contribution in [3.05, 3.63) is 59.7 Å². The molecule has 0 aliphatic rings. The molecule has 4 heteroatoms. The molecule has 0 saturated carbocycles. The molecular weight excluding hydrogens is 376 g/mol. The molecule has 0 amide bonds. The van der Waals surface area contributed by atoms with Gasteiger partial charge in [-0.2, -0.15) is 0 Å². The van der Waals surface area contributed by atoms with E-state index in [1.165, 1.54) is 0 Å². The van der Waals surface area contributed by atoms with Gasteiger partial charge >= 0.3 is 5.97 Å². The highest BCUT2D eigenvalue weighted by Gasteiger charge is 2.10. The van der Waals surface area contributed by atoms with Gasteiger partial charge in [0.25, 0.3) is 0 Å². The van der Waals surface area contributed by atoms with Crippen molar-refractivity contribution < 1.29 is 19.0 Å². The molecule has 160 valence electrons. The summed E-state index contributed by atoms with van der Waals surface area (Å²) >= 11 is 0. The maximum atomic E-state index is 11.6. The molecule has 0 saturated heterocycles. The molecule has 4 nitrogen and oxygen atoms in total. The van der Waals surface area contributed by atoms with Crippen LogP contribution in [0.1, 0.15) is 57.1 Å². The van der Waals surface area contributed by atoms with Crippen LogP contribution in [0.3, 0.4) is 0 Å². The van der Waals surface area contributed by atoms with Gasteiger partial charge in [0.2, 0.25) is 0 Å². The number of carbonyl (C=O) groups is 1. The first-order valence-corrected chi connectivity index (χ1v) is 10.7. The van der Waals surface area contributed by atoms with E-state index in [1.807, 2.05) is 62.4 Å². The molecule has 0 aliphatic heterocycles. The maximum absolute atomic E-state index is 11.6. The second-order valence-corrected chi connectivity index (χ2v) is 7.24. The van der Waals surface area contributed by atoms with Gasteiger partial charge in [-0.25, -0.2) is 0 Å². The lowest BCUT2D eigenvalue weighted by Gasteiger charge is -2.09. The number of carbonyl (C=O) groups excluding carboxylic acids is 1. The first kappa shape index (κ1) is 23.3. The highest BCUT2D eigenvalue weighted by molar-refractivity contribution is 5.71. The number of esters is 1. The highest BCUT2D eigenvalue weighted by Crippen LogP contribution is 2.14. The summed E-state index contributed by atoms with van der Waals surface area (Å²) in [6.07, 6.45) is 4.82. The van der Waals surface area contributed by atoms with Gasteiger partial charge in [-0.1, -0.05) is 25.7 Å². The van der Waals surface area contributed by atoms with Crippen LogP contribution in [0, 0.1) is 17.8 Å². The third-order valence-electron chi connectivity index (χ3n) is 4.86. The highest BCUT2D eigenvalue weighted by atomic mass is 16.5. The summed E-state index contributed by atoms with van der Waals surface area (Å²) in [6, 6.07) is 15.5. The van der Waals surface area contributed by atoms with Crippen molar-refractivity contribution in [3.63, 3.8) is 0 Å². The minimum Gasteiger partial charge on any atom is -0.497 e. The van der Waals surface area contributed by atoms with Gasteiger partial charge in [-0.3, -0.25) is 4.79 Å². The molecule has 2 rings (SSSR count). The van der Waals surface area contributed by atoms with Crippen molar-refractivity contribution in [3.8, 4) is 23.3 Å². The average Bonchev–Trinajstić information content (AvgIpc) is 2.79. The van der Waals surface area contributed by atoms with Gasteiger partial charge in [-0.15, -0.1) is 0 Å². The lowest BCUT2D eigenvalue weighted by Crippen LogP contribution is -2.14. The average molecular weight is 409 g/mol. The Kier molecular flexibility index (Phi) is 10.4. The van der Waals surface area contributed by atoms with E-state index in [2.05, 4.69) is 11.8 Å². The number of ether oxygens (including phenoxy) is 3. The summed E-state index contributed by atoms with van der Waals surface area (Å²) < 4.78 is 16.2. The molecule has 0 aliphatic carbocycles. The first-order valence-electron chi connectivity index (χ1n) is 10.7. The smallest absolute Gasteiger partial charge is 0.308 e. The molecule has 0 aromatic heterocycles. The minimum atomic E-state index is -0.0852. The fourth-order valence-corrected chi connectivity index (χ4v) is 2.68. The topological polar surface area (TPSA) is 44.8 Å². The molecule has 0 N–H and O–H groups in total. The number of methoxy groups -OCH3 is 1. The zero-order chi connectivity index (χ0) is 21.6. The minimum absolute atomic E-state index is 0.00165. The van der Waals surface area contributed by atoms with Gasteiger partial charge in [0.15, 0.2) is 0 Å². The molecular formula is C26H32O4. The fourth-order valence-electron chi connectivity index (χ4n) is 2.68. The van der Waals surface area contributed by atoms with Gasteiger partial charge in [0.1, 0.15) is 11.5 Å². The summed E-state index contributed by atoms with van der Waals surface area (Å²) in [5.41, 5.74) is 1.90. The standard InChI is InChI=1S/C26H32O4/c1-4-21(2)26(27)30-20-8-6-5-7-19-29-25-17-13-23(14-18-25)10-9-22-11-15-24(28-3)16-12-22/h11-18,21H,4-8,19-20H2,1-3H3. The normalized spacial score (nSPS) is 11.2. The molecule has 1 unspecified atom stereocenters. The van der Waals surface area contributed by atoms with Crippen molar-refractivity contribution >= 4 is 5.97 Å². The van der Waals surface area contributed by atoms with Crippen molar-refractivity contribution in [2.45, 2.75) is 46.0 Å². The Bertz CT molecular complexity index is 813. The molecule has 0 bridgehead atoms. The summed E-state index contributed by atoms with van der Waals surface area (Å²) in [7, 11) is 1.65. The van der Waals surface area contributed by atoms with E-state index in [0.29, 0.717) is 13.2 Å². The maximum Gasteiger partial charge on any atom is 0.308 e. The van der Waals surface area contributed by atoms with E-state index in [0.717, 1.165) is 54.7 Å². The molecule has 0 radical (unpaired) electrons. The Morgan fingerprint density at radius 1 is 0.833 bits per heavy atom. The van der Waals surface area contributed by atoms with E-state index in [-0.39, 0.29) is 11.9 Å². The second-order valence-electron chi connectivity index (χ2n) is 7.24. The molecule has 0 spiro atoms. The summed E-state index contributed by atoms with van der Waals surface area (Å²) in [4.78, 5) is 11.6. The number of hydrogen-bond donors (Lipinski definition) is 0. The van der Waals surface area contributed by atoms with Crippen LogP contribution in [0.25, 0.3) is 0 Å². The third-order valence-corrected chi connectivity index (χ3v) is 4.86. The lowest BCUT2D eigenvalue weighted by atomic mass is 10.1. The van der Waals surface area contributed by atoms with Crippen LogP contribution in [-0.4, -0.2) is 26.3 Å². The quantitative estimate of drug-likeness (QED) is 0.275. The largest absolute Gasteiger partial charge is 0.497 e. The summed E-state index contributed by atoms with van der Waals surface area (Å²) in [5, 5.41) is 0. The van der Waals surface area contributed by atoms with E-state index in [1.54, 1.807) is 7.11 Å². The van der Waals surface area contributed by atoms with Gasteiger partial charge in [0, 0.05) is 11.1 Å². The van der Waals surface area contributed by atoms with Crippen molar-refractivity contribution in [1.82, 2.24) is 0 Å². The van der Waals surface area contributed by atoms with Crippen molar-refractivity contribution in [2.75, 3.05) is 20.3 Å². The van der Waals surface area contributed by atoms with Crippen LogP contribution in [0.5, 0.6) is 11.5 Å². The molecule has 0 heterocycles. The van der Waals surface area contributed by atoms with Crippen LogP contribution >= 0.6 is 0 Å². The van der Waals surface area contributed by atoms with E-state index < -0.39 is 0 Å². The van der Waals surface area contributed by atoms with E-state index in [9.17, 15) is 4.79 Å². The molecule has 1 atom stereocenters. The van der Waals surface area contributed by atoms with Crippen molar-refractivity contribution in [1.29, 1.82) is 0 Å². The molecule has 2 aromatic carbocycles. The molecule has 0 fully saturated rings. The zero-order valence-corrected chi connectivity index (χ0v) is 18.3. The van der Waals surface area contributed by atoms with Gasteiger partial charge < -0.3 is 14.2 Å². The summed E-state index contributed by atoms with van der Waals surface area (Å²) in [5.74, 6) is 7.90. The number of unbranched alkanes of at least 4 members (excludes halogenated alkanes) is 3. The molecule has 2 aromatic rings. The number of benzene rings is 2. The molecule has 30 heavy (non-hydrogen) atoms. The second kappa shape index (κ2) is 13.3. The van der Waals surface area contributed by atoms with Crippen LogP contribution in [-0.2, 0) is 9.53 Å². The van der Waals surface area contributed by atoms with Crippen LogP contribution in [0.4, 0.5) is 0 Å². The lowest BCUT2D eigenvalue weighted by molar-refractivity contribution is -0.148. The summed E-state index contributed by atoms with van der Waals surface area (Å²) in [6.45, 7) is 5.10.